The maximum Gasteiger partial charge on any atom is 0.308 e. The van der Waals surface area contributed by atoms with Crippen LogP contribution in [0.5, 0.6) is 11.5 Å². The van der Waals surface area contributed by atoms with Crippen LogP contribution in [0, 0.1) is 0 Å². The Morgan fingerprint density at radius 2 is 1.50 bits per heavy atom. The molecule has 0 spiro atoms. The van der Waals surface area contributed by atoms with Crippen molar-refractivity contribution in [1.82, 2.24) is 0 Å². The van der Waals surface area contributed by atoms with Crippen LogP contribution in [0.4, 0.5) is 0 Å². The van der Waals surface area contributed by atoms with Crippen molar-refractivity contribution >= 4 is 49.6 Å². The Kier molecular flexibility index (Phi) is 5.39. The molecule has 2 atom stereocenters. The van der Waals surface area contributed by atoms with Crippen molar-refractivity contribution in [2.24, 2.45) is 0 Å². The van der Waals surface area contributed by atoms with Crippen LogP contribution in [-0.2, 0) is 9.59 Å². The zero-order valence-electron chi connectivity index (χ0n) is 12.0. The molecule has 22 heavy (non-hydrogen) atoms. The van der Waals surface area contributed by atoms with Gasteiger partial charge < -0.3 is 9.47 Å². The molecule has 0 saturated carbocycles. The third kappa shape index (κ3) is 3.76. The van der Waals surface area contributed by atoms with Gasteiger partial charge in [0, 0.05) is 24.2 Å². The van der Waals surface area contributed by atoms with E-state index in [2.05, 4.69) is 31.9 Å². The molecule has 0 bridgehead atoms. The van der Waals surface area contributed by atoms with Gasteiger partial charge in [-0.3, -0.25) is 14.4 Å². The summed E-state index contributed by atoms with van der Waals surface area (Å²) in [4.78, 5) is 34.6. The van der Waals surface area contributed by atoms with E-state index >= 15 is 0 Å². The molecule has 0 saturated heterocycles. The lowest BCUT2D eigenvalue weighted by molar-refractivity contribution is -0.134. The summed E-state index contributed by atoms with van der Waals surface area (Å²) in [6.45, 7) is 2.50. The molecule has 5 nitrogen and oxygen atoms in total. The van der Waals surface area contributed by atoms with Gasteiger partial charge in [-0.15, -0.1) is 0 Å². The van der Waals surface area contributed by atoms with Crippen LogP contribution < -0.4 is 9.47 Å². The smallest absolute Gasteiger partial charge is 0.308 e. The van der Waals surface area contributed by atoms with Crippen LogP contribution in [0.1, 0.15) is 47.4 Å². The second-order valence-electron chi connectivity index (χ2n) is 4.95. The molecule has 1 aromatic rings. The first kappa shape index (κ1) is 17.1. The monoisotopic (exact) mass is 432 g/mol. The zero-order valence-corrected chi connectivity index (χ0v) is 15.2. The summed E-state index contributed by atoms with van der Waals surface area (Å²) in [5.41, 5.74) is 1.17. The fraction of sp³-hybridized carbons (Fsp3) is 0.400. The summed E-state index contributed by atoms with van der Waals surface area (Å²) in [6, 6.07) is 3.04. The van der Waals surface area contributed by atoms with Gasteiger partial charge in [-0.05, 0) is 30.5 Å². The molecule has 0 amide bonds. The standard InChI is InChI=1S/C15H14Br2O5/c1-7(18)21-13-5-9-10(6-14(13)22-8(2)19)15(20)12(17)4-3-11(9)16/h5-6,11-12H,3-4H2,1-2H3. The van der Waals surface area contributed by atoms with E-state index in [4.69, 9.17) is 9.47 Å². The Morgan fingerprint density at radius 3 is 2.05 bits per heavy atom. The highest BCUT2D eigenvalue weighted by Gasteiger charge is 2.30. The lowest BCUT2D eigenvalue weighted by Gasteiger charge is -2.15. The van der Waals surface area contributed by atoms with Crippen molar-refractivity contribution < 1.29 is 23.9 Å². The fourth-order valence-electron chi connectivity index (χ4n) is 2.27. The van der Waals surface area contributed by atoms with Crippen LogP contribution in [0.3, 0.4) is 0 Å². The van der Waals surface area contributed by atoms with Gasteiger partial charge in [0.2, 0.25) is 0 Å². The molecular formula is C15H14Br2O5. The van der Waals surface area contributed by atoms with E-state index in [1.807, 2.05) is 0 Å². The number of benzene rings is 1. The number of carbonyl (C=O) groups is 3. The van der Waals surface area contributed by atoms with E-state index in [0.717, 1.165) is 12.0 Å². The van der Waals surface area contributed by atoms with E-state index in [1.54, 1.807) is 6.07 Å². The zero-order chi connectivity index (χ0) is 16.4. The lowest BCUT2D eigenvalue weighted by atomic mass is 10.0. The second kappa shape index (κ2) is 6.91. The summed E-state index contributed by atoms with van der Waals surface area (Å²) in [5, 5.41) is 0. The van der Waals surface area contributed by atoms with Crippen LogP contribution in [0.2, 0.25) is 0 Å². The number of Topliss-reactive ketones (excluding diaryl/α,β-unsaturated/α-hetero) is 1. The molecule has 2 rings (SSSR count). The first-order chi connectivity index (χ1) is 10.3. The second-order valence-corrected chi connectivity index (χ2v) is 7.16. The summed E-state index contributed by atoms with van der Waals surface area (Å²) >= 11 is 6.92. The molecule has 0 heterocycles. The van der Waals surface area contributed by atoms with E-state index in [9.17, 15) is 14.4 Å². The molecule has 2 unspecified atom stereocenters. The number of hydrogen-bond donors (Lipinski definition) is 0. The van der Waals surface area contributed by atoms with Gasteiger partial charge in [-0.25, -0.2) is 0 Å². The minimum atomic E-state index is -0.555. The predicted octanol–water partition coefficient (Wildman–Crippen LogP) is 3.71. The van der Waals surface area contributed by atoms with Gasteiger partial charge >= 0.3 is 11.9 Å². The molecule has 1 aliphatic rings. The molecular weight excluding hydrogens is 420 g/mol. The molecule has 0 aromatic heterocycles. The summed E-state index contributed by atoms with van der Waals surface area (Å²) < 4.78 is 10.2. The summed E-state index contributed by atoms with van der Waals surface area (Å²) in [7, 11) is 0. The third-order valence-corrected chi connectivity index (χ3v) is 5.01. The maximum atomic E-state index is 12.4. The number of halogens is 2. The fourth-order valence-corrected chi connectivity index (χ4v) is 3.42. The molecule has 0 radical (unpaired) electrons. The highest BCUT2D eigenvalue weighted by atomic mass is 79.9. The maximum absolute atomic E-state index is 12.4. The number of ether oxygens (including phenoxy) is 2. The van der Waals surface area contributed by atoms with Gasteiger partial charge in [0.15, 0.2) is 17.3 Å². The number of hydrogen-bond acceptors (Lipinski definition) is 5. The first-order valence-electron chi connectivity index (χ1n) is 6.66. The third-order valence-electron chi connectivity index (χ3n) is 3.18. The van der Waals surface area contributed by atoms with Gasteiger partial charge in [0.1, 0.15) is 0 Å². The molecule has 0 N–H and O–H groups in total. The molecule has 0 aliphatic heterocycles. The quantitative estimate of drug-likeness (QED) is 0.307. The highest BCUT2D eigenvalue weighted by molar-refractivity contribution is 9.10. The molecule has 118 valence electrons. The number of fused-ring (bicyclic) bond motifs is 1. The predicted molar refractivity (Wildman–Crippen MR) is 87.0 cm³/mol. The van der Waals surface area contributed by atoms with Crippen LogP contribution in [0.15, 0.2) is 12.1 Å². The van der Waals surface area contributed by atoms with Gasteiger partial charge in [0.05, 0.1) is 4.83 Å². The van der Waals surface area contributed by atoms with Crippen LogP contribution >= 0.6 is 31.9 Å². The highest BCUT2D eigenvalue weighted by Crippen LogP contribution is 2.42. The van der Waals surface area contributed by atoms with Crippen molar-refractivity contribution in [2.45, 2.75) is 36.3 Å². The largest absolute Gasteiger partial charge is 0.423 e. The SMILES string of the molecule is CC(=O)Oc1cc2c(cc1OC(C)=O)C(Br)CCC(Br)C2=O. The van der Waals surface area contributed by atoms with Gasteiger partial charge in [-0.2, -0.15) is 0 Å². The summed E-state index contributed by atoms with van der Waals surface area (Å²) in [6.07, 6.45) is 1.43. The first-order valence-corrected chi connectivity index (χ1v) is 8.50. The van der Waals surface area contributed by atoms with E-state index in [0.29, 0.717) is 12.0 Å². The molecule has 7 heteroatoms. The van der Waals surface area contributed by atoms with Crippen LogP contribution in [-0.4, -0.2) is 22.5 Å². The van der Waals surface area contributed by atoms with E-state index in [-0.39, 0.29) is 26.9 Å². The lowest BCUT2D eigenvalue weighted by Crippen LogP contribution is -2.14. The van der Waals surface area contributed by atoms with Crippen molar-refractivity contribution in [2.75, 3.05) is 0 Å². The minimum Gasteiger partial charge on any atom is -0.423 e. The number of rotatable bonds is 2. The minimum absolute atomic E-state index is 0.0466. The number of esters is 2. The molecule has 1 aromatic carbocycles. The normalized spacial score (nSPS) is 20.8. The number of alkyl halides is 2. The Labute approximate surface area is 144 Å². The van der Waals surface area contributed by atoms with Gasteiger partial charge in [0.25, 0.3) is 0 Å². The Bertz CT molecular complexity index is 641. The van der Waals surface area contributed by atoms with Crippen LogP contribution in [0.25, 0.3) is 0 Å². The van der Waals surface area contributed by atoms with Crippen molar-refractivity contribution in [3.63, 3.8) is 0 Å². The van der Waals surface area contributed by atoms with E-state index in [1.165, 1.54) is 19.9 Å². The van der Waals surface area contributed by atoms with Crippen molar-refractivity contribution in [3.8, 4) is 11.5 Å². The Hall–Kier alpha value is -1.21. The molecule has 0 fully saturated rings. The van der Waals surface area contributed by atoms with Crippen molar-refractivity contribution in [3.05, 3.63) is 23.3 Å². The van der Waals surface area contributed by atoms with E-state index < -0.39 is 11.9 Å². The topological polar surface area (TPSA) is 69.7 Å². The molecule has 1 aliphatic carbocycles. The number of ketones is 1. The summed E-state index contributed by atoms with van der Waals surface area (Å²) in [5.74, 6) is -0.972. The van der Waals surface area contributed by atoms with Gasteiger partial charge in [-0.1, -0.05) is 31.9 Å². The average Bonchev–Trinajstić information content (AvgIpc) is 2.52. The Morgan fingerprint density at radius 1 is 1.00 bits per heavy atom. The average molecular weight is 434 g/mol. The Balaban J connectivity index is 2.59. The van der Waals surface area contributed by atoms with Crippen molar-refractivity contribution in [1.29, 1.82) is 0 Å². The number of carbonyl (C=O) groups excluding carboxylic acids is 3.